The molecule has 2 saturated carbocycles. The van der Waals surface area contributed by atoms with Crippen molar-refractivity contribution < 1.29 is 68.1 Å². The number of hydrogen-bond acceptors (Lipinski definition) is 14. The number of ether oxygens (including phenoxy) is 5. The van der Waals surface area contributed by atoms with Gasteiger partial charge in [0.1, 0.15) is 41.7 Å². The van der Waals surface area contributed by atoms with Crippen LogP contribution in [0, 0.1) is 16.7 Å². The maximum absolute atomic E-state index is 15.0. The summed E-state index contributed by atoms with van der Waals surface area (Å²) in [6.45, 7) is 11.7. The molecule has 314 valence electrons. The number of nitrogens with one attached hydrogen (secondary N) is 1. The van der Waals surface area contributed by atoms with E-state index in [1.807, 2.05) is 0 Å². The number of fused-ring (bicyclic) bond motifs is 5. The van der Waals surface area contributed by atoms with Crippen LogP contribution in [0.2, 0.25) is 0 Å². The Balaban J connectivity index is 1.52. The standard InChI is InChI=1S/C43H53NO14/c1-22-26(55-37(51)30(44-38(52)58-39(3,4)5)31(47)24-15-11-9-12-16-24)20-43(53)35(56-36(50)25-17-13-10-14-18-25)33-41(8,34(49)32(48)29(22)40(43,6)7)27(46)19-28-42(33,21-54-28)57-23(2)45/h9-18,26-28,30-33,35,46-48,53H,19-21H2,1-8H3,(H,44,52)/t26-,27-,28+,30+,31-,32+,33-,35-,41+,42-,43-/m0/s1. The molecule has 0 unspecified atom stereocenters. The molecule has 1 saturated heterocycles. The van der Waals surface area contributed by atoms with Crippen LogP contribution >= 0.6 is 0 Å². The van der Waals surface area contributed by atoms with Crippen LogP contribution in [0.5, 0.6) is 0 Å². The van der Waals surface area contributed by atoms with Crippen molar-refractivity contribution in [3.63, 3.8) is 0 Å². The van der Waals surface area contributed by atoms with Gasteiger partial charge >= 0.3 is 24.0 Å². The van der Waals surface area contributed by atoms with Gasteiger partial charge in [-0.2, -0.15) is 0 Å². The summed E-state index contributed by atoms with van der Waals surface area (Å²) in [4.78, 5) is 69.4. The first kappa shape index (κ1) is 42.9. The monoisotopic (exact) mass is 807 g/mol. The maximum atomic E-state index is 15.0. The van der Waals surface area contributed by atoms with Crippen LogP contribution < -0.4 is 5.32 Å². The zero-order valence-corrected chi connectivity index (χ0v) is 33.9. The SMILES string of the molecule is CC(=O)O[C@@]12CO[C@@H]1C[C@H](O)[C@@]1(C)C(=O)[C@H](O)C3=C(C)[C@@H](OC(=O)[C@H](NC(=O)OC(C)(C)C)[C@@H](O)c4ccccc4)C[C@](O)([C@@H](OC(=O)c4ccccc4)[C@H]21)C3(C)C. The van der Waals surface area contributed by atoms with E-state index in [1.165, 1.54) is 26.0 Å². The minimum atomic E-state index is -2.36. The Morgan fingerprint density at radius 2 is 1.55 bits per heavy atom. The molecule has 6 rings (SSSR count). The minimum Gasteiger partial charge on any atom is -0.456 e. The first-order valence-electron chi connectivity index (χ1n) is 19.3. The molecule has 1 heterocycles. The Morgan fingerprint density at radius 3 is 2.10 bits per heavy atom. The second-order valence-corrected chi connectivity index (χ2v) is 17.6. The number of hydrogen-bond donors (Lipinski definition) is 5. The van der Waals surface area contributed by atoms with Gasteiger partial charge in [0.15, 0.2) is 17.4 Å². The third kappa shape index (κ3) is 7.10. The number of alkyl carbamates (subject to hydrolysis) is 1. The van der Waals surface area contributed by atoms with Crippen LogP contribution in [-0.2, 0) is 38.1 Å². The number of ketones is 1. The molecule has 4 aliphatic rings. The van der Waals surface area contributed by atoms with Gasteiger partial charge in [-0.1, -0.05) is 62.4 Å². The molecule has 1 amide bonds. The van der Waals surface area contributed by atoms with E-state index < -0.39 is 112 Å². The van der Waals surface area contributed by atoms with Gasteiger partial charge in [0.2, 0.25) is 0 Å². The fraction of sp³-hybridized carbons (Fsp3) is 0.558. The largest absolute Gasteiger partial charge is 0.456 e. The lowest BCUT2D eigenvalue weighted by molar-refractivity contribution is -0.346. The van der Waals surface area contributed by atoms with Gasteiger partial charge in [0.05, 0.1) is 29.6 Å². The normalized spacial score (nSPS) is 33.7. The van der Waals surface area contributed by atoms with Gasteiger partial charge in [-0.3, -0.25) is 9.59 Å². The lowest BCUT2D eigenvalue weighted by atomic mass is 9.44. The smallest absolute Gasteiger partial charge is 0.408 e. The van der Waals surface area contributed by atoms with Gasteiger partial charge < -0.3 is 49.4 Å². The zero-order chi connectivity index (χ0) is 42.7. The third-order valence-corrected chi connectivity index (χ3v) is 12.6. The molecule has 15 nitrogen and oxygen atoms in total. The number of benzene rings is 2. The Kier molecular flexibility index (Phi) is 11.2. The van der Waals surface area contributed by atoms with E-state index >= 15 is 0 Å². The summed E-state index contributed by atoms with van der Waals surface area (Å²) in [7, 11) is 0. The molecule has 2 bridgehead atoms. The molecular formula is C43H53NO14. The second-order valence-electron chi connectivity index (χ2n) is 17.6. The third-order valence-electron chi connectivity index (χ3n) is 12.6. The summed E-state index contributed by atoms with van der Waals surface area (Å²) >= 11 is 0. The Labute approximate surface area is 336 Å². The molecule has 58 heavy (non-hydrogen) atoms. The van der Waals surface area contributed by atoms with E-state index in [-0.39, 0.29) is 35.3 Å². The molecule has 5 N–H and O–H groups in total. The van der Waals surface area contributed by atoms with Gasteiger partial charge in [0, 0.05) is 25.2 Å². The lowest BCUT2D eigenvalue weighted by Crippen LogP contribution is -2.81. The van der Waals surface area contributed by atoms with E-state index in [4.69, 9.17) is 23.7 Å². The molecule has 2 aromatic rings. The molecule has 15 heteroatoms. The van der Waals surface area contributed by atoms with Crippen molar-refractivity contribution >= 4 is 29.8 Å². The number of Topliss-reactive ketones (excluding diaryl/α,β-unsaturated/α-hetero) is 1. The summed E-state index contributed by atoms with van der Waals surface area (Å²) < 4.78 is 29.6. The fourth-order valence-electron chi connectivity index (χ4n) is 9.53. The van der Waals surface area contributed by atoms with Crippen LogP contribution in [0.25, 0.3) is 0 Å². The minimum absolute atomic E-state index is 0.0644. The van der Waals surface area contributed by atoms with Crippen LogP contribution in [0.1, 0.15) is 90.3 Å². The Hall–Kier alpha value is -4.67. The maximum Gasteiger partial charge on any atom is 0.408 e. The predicted octanol–water partition coefficient (Wildman–Crippen LogP) is 3.26. The van der Waals surface area contributed by atoms with E-state index in [0.29, 0.717) is 0 Å². The first-order chi connectivity index (χ1) is 27.0. The highest BCUT2D eigenvalue weighted by Gasteiger charge is 2.78. The second kappa shape index (κ2) is 15.2. The molecule has 3 fully saturated rings. The average molecular weight is 808 g/mol. The molecule has 11 atom stereocenters. The number of carbonyl (C=O) groups is 5. The quantitative estimate of drug-likeness (QED) is 0.147. The number of amides is 1. The van der Waals surface area contributed by atoms with Crippen LogP contribution in [-0.4, -0.2) is 110 Å². The summed E-state index contributed by atoms with van der Waals surface area (Å²) in [6, 6.07) is 14.1. The summed E-state index contributed by atoms with van der Waals surface area (Å²) in [5.41, 5.74) is -8.30. The number of rotatable bonds is 8. The van der Waals surface area contributed by atoms with E-state index in [9.17, 15) is 44.4 Å². The molecular weight excluding hydrogens is 754 g/mol. The van der Waals surface area contributed by atoms with Crippen molar-refractivity contribution in [2.75, 3.05) is 6.61 Å². The number of esters is 3. The van der Waals surface area contributed by atoms with Crippen molar-refractivity contribution in [2.24, 2.45) is 16.7 Å². The van der Waals surface area contributed by atoms with Crippen LogP contribution in [0.4, 0.5) is 4.79 Å². The number of aliphatic hydroxyl groups excluding tert-OH is 3. The van der Waals surface area contributed by atoms with Gasteiger partial charge in [-0.05, 0) is 63.5 Å². The van der Waals surface area contributed by atoms with E-state index in [1.54, 1.807) is 83.1 Å². The zero-order valence-electron chi connectivity index (χ0n) is 33.9. The lowest BCUT2D eigenvalue weighted by Gasteiger charge is -2.67. The molecule has 0 radical (unpaired) electrons. The van der Waals surface area contributed by atoms with Crippen molar-refractivity contribution in [1.82, 2.24) is 5.32 Å². The van der Waals surface area contributed by atoms with Crippen molar-refractivity contribution in [2.45, 2.75) is 128 Å². The Morgan fingerprint density at radius 1 is 0.948 bits per heavy atom. The fourth-order valence-corrected chi connectivity index (χ4v) is 9.53. The first-order valence-corrected chi connectivity index (χ1v) is 19.3. The highest BCUT2D eigenvalue weighted by Crippen LogP contribution is 2.64. The highest BCUT2D eigenvalue weighted by molar-refractivity contribution is 5.94. The van der Waals surface area contributed by atoms with Crippen molar-refractivity contribution in [1.29, 1.82) is 0 Å². The highest BCUT2D eigenvalue weighted by atomic mass is 16.6. The summed E-state index contributed by atoms with van der Waals surface area (Å²) in [5, 5.41) is 51.4. The number of carbonyl (C=O) groups excluding carboxylic acids is 5. The molecule has 1 aliphatic heterocycles. The average Bonchev–Trinajstić information content (AvgIpc) is 3.14. The topological polar surface area (TPSA) is 224 Å². The predicted molar refractivity (Wildman–Crippen MR) is 204 cm³/mol. The Bertz CT molecular complexity index is 1980. The van der Waals surface area contributed by atoms with Gasteiger partial charge in [-0.15, -0.1) is 0 Å². The number of aliphatic hydroxyl groups is 4. The van der Waals surface area contributed by atoms with Crippen LogP contribution in [0.15, 0.2) is 71.8 Å². The molecule has 0 spiro atoms. The molecule has 2 aromatic carbocycles. The molecule has 3 aliphatic carbocycles. The van der Waals surface area contributed by atoms with Crippen LogP contribution in [0.3, 0.4) is 0 Å². The summed E-state index contributed by atoms with van der Waals surface area (Å²) in [5.74, 6) is -5.29. The van der Waals surface area contributed by atoms with Gasteiger partial charge in [0.25, 0.3) is 0 Å². The summed E-state index contributed by atoms with van der Waals surface area (Å²) in [6.07, 6.45) is -11.2. The van der Waals surface area contributed by atoms with Crippen molar-refractivity contribution in [3.05, 3.63) is 82.9 Å². The van der Waals surface area contributed by atoms with Gasteiger partial charge in [-0.25, -0.2) is 14.4 Å². The van der Waals surface area contributed by atoms with E-state index in [2.05, 4.69) is 5.32 Å². The molecule has 0 aromatic heterocycles. The van der Waals surface area contributed by atoms with E-state index in [0.717, 1.165) is 6.92 Å². The van der Waals surface area contributed by atoms with Crippen molar-refractivity contribution in [3.8, 4) is 0 Å².